The van der Waals surface area contributed by atoms with Gasteiger partial charge in [0.05, 0.1) is 0 Å². The summed E-state index contributed by atoms with van der Waals surface area (Å²) in [4.78, 5) is 11.3. The van der Waals surface area contributed by atoms with Crippen molar-refractivity contribution in [3.8, 4) is 5.75 Å². The molecule has 1 aromatic carbocycles. The minimum Gasteiger partial charge on any atom is -0.290 e. The molecule has 0 spiro atoms. The summed E-state index contributed by atoms with van der Waals surface area (Å²) in [6, 6.07) is 5.88. The van der Waals surface area contributed by atoms with Crippen molar-refractivity contribution in [2.24, 2.45) is 0 Å². The smallest absolute Gasteiger partial charge is 0.185 e. The maximum Gasteiger partial charge on any atom is 0.185 e. The Labute approximate surface area is 77.5 Å². The molecule has 0 aliphatic heterocycles. The summed E-state index contributed by atoms with van der Waals surface area (Å²) in [5.74, 6) is -0.127. The van der Waals surface area contributed by atoms with Gasteiger partial charge in [-0.1, -0.05) is 13.0 Å². The minimum atomic E-state index is -0.0731. The van der Waals surface area contributed by atoms with E-state index >= 15 is 0 Å². The highest BCUT2D eigenvalue weighted by atomic mass is 16.3. The number of ketones is 1. The van der Waals surface area contributed by atoms with Crippen molar-refractivity contribution >= 4 is 5.78 Å². The van der Waals surface area contributed by atoms with E-state index in [0.29, 0.717) is 5.56 Å². The number of carbonyl (C=O) groups excluding carboxylic acids is 1. The van der Waals surface area contributed by atoms with Crippen LogP contribution in [0.4, 0.5) is 0 Å². The van der Waals surface area contributed by atoms with Crippen LogP contribution in [0.3, 0.4) is 0 Å². The maximum absolute atomic E-state index is 11.3. The molecule has 67 valence electrons. The van der Waals surface area contributed by atoms with Crippen molar-refractivity contribution in [1.82, 2.24) is 0 Å². The van der Waals surface area contributed by atoms with Gasteiger partial charge in [-0.25, -0.2) is 0 Å². The quantitative estimate of drug-likeness (QED) is 0.514. The molecule has 2 heteroatoms. The second-order valence-electron chi connectivity index (χ2n) is 2.70. The minimum absolute atomic E-state index is 0.0538. The van der Waals surface area contributed by atoms with Crippen LogP contribution in [0.15, 0.2) is 36.4 Å². The summed E-state index contributed by atoms with van der Waals surface area (Å²) in [6.45, 7) is 1.96. The summed E-state index contributed by atoms with van der Waals surface area (Å²) in [7, 11) is 0. The van der Waals surface area contributed by atoms with E-state index in [9.17, 15) is 9.90 Å². The van der Waals surface area contributed by atoms with Crippen LogP contribution >= 0.6 is 0 Å². The molecule has 0 fully saturated rings. The van der Waals surface area contributed by atoms with Gasteiger partial charge in [-0.3, -0.25) is 9.90 Å². The molecule has 0 saturated heterocycles. The van der Waals surface area contributed by atoms with Gasteiger partial charge < -0.3 is 0 Å². The van der Waals surface area contributed by atoms with Crippen LogP contribution in [0.1, 0.15) is 23.7 Å². The molecule has 0 aliphatic carbocycles. The molecule has 2 nitrogen and oxygen atoms in total. The molecule has 13 heavy (non-hydrogen) atoms. The molecule has 0 unspecified atom stereocenters. The van der Waals surface area contributed by atoms with Crippen molar-refractivity contribution in [2.45, 2.75) is 13.3 Å². The molecule has 0 N–H and O–H groups in total. The van der Waals surface area contributed by atoms with Crippen LogP contribution in [-0.4, -0.2) is 5.78 Å². The number of rotatable bonds is 3. The van der Waals surface area contributed by atoms with Crippen molar-refractivity contribution in [3.63, 3.8) is 0 Å². The average molecular weight is 175 g/mol. The highest BCUT2D eigenvalue weighted by molar-refractivity contribution is 6.04. The standard InChI is InChI=1S/C11H11O2/c1-2-3-4-11(13)9-5-7-10(12)8-6-9/h3-8H,2H2,1H3/b4-3+. The van der Waals surface area contributed by atoms with Gasteiger partial charge in [-0.15, -0.1) is 0 Å². The molecule has 0 amide bonds. The van der Waals surface area contributed by atoms with Crippen LogP contribution in [-0.2, 0) is 5.11 Å². The Morgan fingerprint density at radius 1 is 1.31 bits per heavy atom. The van der Waals surface area contributed by atoms with Gasteiger partial charge in [0.1, 0.15) is 0 Å². The lowest BCUT2D eigenvalue weighted by molar-refractivity contribution is 0.104. The van der Waals surface area contributed by atoms with Gasteiger partial charge in [-0.05, 0) is 36.8 Å². The first-order valence-electron chi connectivity index (χ1n) is 4.22. The van der Waals surface area contributed by atoms with Crippen molar-refractivity contribution in [2.75, 3.05) is 0 Å². The van der Waals surface area contributed by atoms with Gasteiger partial charge in [0.2, 0.25) is 0 Å². The van der Waals surface area contributed by atoms with Crippen molar-refractivity contribution in [1.29, 1.82) is 0 Å². The molecule has 0 bridgehead atoms. The van der Waals surface area contributed by atoms with E-state index in [1.54, 1.807) is 18.2 Å². The zero-order valence-electron chi connectivity index (χ0n) is 7.49. The molecular formula is C11H11O2. The van der Waals surface area contributed by atoms with E-state index in [2.05, 4.69) is 0 Å². The topological polar surface area (TPSA) is 37.0 Å². The summed E-state index contributed by atoms with van der Waals surface area (Å²) in [5, 5.41) is 10.7. The van der Waals surface area contributed by atoms with Crippen LogP contribution in [0.25, 0.3) is 0 Å². The third-order valence-electron chi connectivity index (χ3n) is 1.64. The van der Waals surface area contributed by atoms with Gasteiger partial charge in [0, 0.05) is 5.56 Å². The molecule has 1 radical (unpaired) electrons. The predicted octanol–water partition coefficient (Wildman–Crippen LogP) is 2.98. The Morgan fingerprint density at radius 2 is 1.92 bits per heavy atom. The fourth-order valence-corrected chi connectivity index (χ4v) is 0.940. The molecule has 0 aliphatic rings. The molecule has 0 saturated carbocycles. The average Bonchev–Trinajstić information content (AvgIpc) is 2.15. The third-order valence-corrected chi connectivity index (χ3v) is 1.64. The molecule has 1 rings (SSSR count). The fraction of sp³-hybridized carbons (Fsp3) is 0.182. The number of allylic oxidation sites excluding steroid dienone is 2. The summed E-state index contributed by atoms with van der Waals surface area (Å²) < 4.78 is 0. The second kappa shape index (κ2) is 4.45. The Kier molecular flexibility index (Phi) is 3.26. The zero-order chi connectivity index (χ0) is 9.68. The normalized spacial score (nSPS) is 10.5. The first-order chi connectivity index (χ1) is 6.24. The first-order valence-corrected chi connectivity index (χ1v) is 4.22. The fourth-order valence-electron chi connectivity index (χ4n) is 0.940. The lowest BCUT2D eigenvalue weighted by atomic mass is 10.1. The highest BCUT2D eigenvalue weighted by Gasteiger charge is 2.00. The lowest BCUT2D eigenvalue weighted by Crippen LogP contribution is -1.92. The Balaban J connectivity index is 2.78. The summed E-state index contributed by atoms with van der Waals surface area (Å²) in [6.07, 6.45) is 4.17. The summed E-state index contributed by atoms with van der Waals surface area (Å²) >= 11 is 0. The van der Waals surface area contributed by atoms with E-state index < -0.39 is 0 Å². The van der Waals surface area contributed by atoms with Crippen LogP contribution in [0, 0.1) is 0 Å². The first kappa shape index (κ1) is 9.52. The van der Waals surface area contributed by atoms with E-state index in [-0.39, 0.29) is 11.5 Å². The van der Waals surface area contributed by atoms with Crippen molar-refractivity contribution in [3.05, 3.63) is 42.0 Å². The van der Waals surface area contributed by atoms with Crippen LogP contribution in [0.2, 0.25) is 0 Å². The Morgan fingerprint density at radius 3 is 2.46 bits per heavy atom. The van der Waals surface area contributed by atoms with Gasteiger partial charge in [0.25, 0.3) is 0 Å². The largest absolute Gasteiger partial charge is 0.290 e. The number of hydrogen-bond donors (Lipinski definition) is 0. The SMILES string of the molecule is CC/C=C/C(=O)c1ccc([O])cc1. The van der Waals surface area contributed by atoms with Gasteiger partial charge in [-0.2, -0.15) is 0 Å². The lowest BCUT2D eigenvalue weighted by Gasteiger charge is -1.93. The number of benzene rings is 1. The molecule has 0 atom stereocenters. The van der Waals surface area contributed by atoms with Crippen LogP contribution in [0.5, 0.6) is 5.75 Å². The van der Waals surface area contributed by atoms with E-state index in [1.165, 1.54) is 18.2 Å². The molecule has 0 aromatic heterocycles. The van der Waals surface area contributed by atoms with E-state index in [0.717, 1.165) is 6.42 Å². The van der Waals surface area contributed by atoms with Crippen LogP contribution < -0.4 is 0 Å². The summed E-state index contributed by atoms with van der Waals surface area (Å²) in [5.41, 5.74) is 0.560. The third kappa shape index (κ3) is 2.75. The van der Waals surface area contributed by atoms with Gasteiger partial charge >= 0.3 is 0 Å². The van der Waals surface area contributed by atoms with E-state index in [4.69, 9.17) is 0 Å². The highest BCUT2D eigenvalue weighted by Crippen LogP contribution is 2.11. The molecular weight excluding hydrogens is 164 g/mol. The van der Waals surface area contributed by atoms with Gasteiger partial charge in [0.15, 0.2) is 11.5 Å². The monoisotopic (exact) mass is 175 g/mol. The Bertz CT molecular complexity index is 309. The van der Waals surface area contributed by atoms with E-state index in [1.807, 2.05) is 6.92 Å². The Hall–Kier alpha value is -1.57. The number of hydrogen-bond acceptors (Lipinski definition) is 1. The predicted molar refractivity (Wildman–Crippen MR) is 50.3 cm³/mol. The maximum atomic E-state index is 11.3. The number of carbonyl (C=O) groups is 1. The van der Waals surface area contributed by atoms with Crippen molar-refractivity contribution < 1.29 is 9.90 Å². The zero-order valence-corrected chi connectivity index (χ0v) is 7.49. The molecule has 1 aromatic rings. The molecule has 0 heterocycles. The second-order valence-corrected chi connectivity index (χ2v) is 2.70.